The predicted molar refractivity (Wildman–Crippen MR) is 181 cm³/mol. The molecule has 4 aromatic carbocycles. The summed E-state index contributed by atoms with van der Waals surface area (Å²) >= 11 is 0. The number of hydrogen-bond acceptors (Lipinski definition) is 5. The maximum Gasteiger partial charge on any atom is 0.417 e. The minimum absolute atomic E-state index is 0.0156. The molecule has 8 nitrogen and oxygen atoms in total. The second-order valence-electron chi connectivity index (χ2n) is 12.6. The molecule has 16 heteroatoms. The average molecular weight is 760 g/mol. The number of aryl methyl sites for hydroxylation is 1. The van der Waals surface area contributed by atoms with Crippen LogP contribution in [0.25, 0.3) is 21.9 Å². The summed E-state index contributed by atoms with van der Waals surface area (Å²) in [7, 11) is 1.30. The van der Waals surface area contributed by atoms with Crippen molar-refractivity contribution in [3.63, 3.8) is 0 Å². The number of aliphatic carboxylic acids is 1. The number of morpholine rings is 1. The maximum absolute atomic E-state index is 15.6. The van der Waals surface area contributed by atoms with Gasteiger partial charge in [0.1, 0.15) is 23.2 Å². The Balaban J connectivity index is 1.28. The second kappa shape index (κ2) is 14.6. The molecule has 0 spiro atoms. The molecule has 2 N–H and O–H groups in total. The highest BCUT2D eigenvalue weighted by molar-refractivity contribution is 6.00. The van der Waals surface area contributed by atoms with E-state index in [1.54, 1.807) is 0 Å². The molecule has 6 rings (SSSR count). The Hall–Kier alpha value is -5.77. The van der Waals surface area contributed by atoms with Gasteiger partial charge in [0.25, 0.3) is 11.5 Å². The van der Waals surface area contributed by atoms with Crippen molar-refractivity contribution in [3.8, 4) is 11.1 Å². The lowest BCUT2D eigenvalue weighted by Crippen LogP contribution is -2.43. The second-order valence-corrected chi connectivity index (χ2v) is 12.6. The average Bonchev–Trinajstić information content (AvgIpc) is 3.11. The molecule has 1 aromatic heterocycles. The molecule has 2 atom stereocenters. The van der Waals surface area contributed by atoms with Crippen molar-refractivity contribution in [2.45, 2.75) is 30.9 Å². The Bertz CT molecular complexity index is 2280. The Labute approximate surface area is 301 Å². The number of benzene rings is 4. The van der Waals surface area contributed by atoms with E-state index in [2.05, 4.69) is 5.32 Å². The number of ether oxygens (including phenoxy) is 1. The quantitative estimate of drug-likeness (QED) is 0.159. The topological polar surface area (TPSA) is 101 Å². The van der Waals surface area contributed by atoms with Gasteiger partial charge in [0.2, 0.25) is 0 Å². The molecule has 1 amide bonds. The van der Waals surface area contributed by atoms with Crippen LogP contribution in [-0.2, 0) is 35.4 Å². The number of carboxylic acid groups (broad SMARTS) is 1. The number of pyridine rings is 1. The van der Waals surface area contributed by atoms with Gasteiger partial charge in [-0.05, 0) is 57.8 Å². The number of rotatable bonds is 8. The van der Waals surface area contributed by atoms with Gasteiger partial charge in [0, 0.05) is 31.9 Å². The first-order valence-electron chi connectivity index (χ1n) is 16.3. The number of carbonyl (C=O) groups excluding carboxylic acids is 1. The number of carboxylic acids is 1. The van der Waals surface area contributed by atoms with E-state index < -0.39 is 82.2 Å². The summed E-state index contributed by atoms with van der Waals surface area (Å²) in [6.45, 7) is 0.211. The first kappa shape index (κ1) is 38.0. The van der Waals surface area contributed by atoms with Crippen LogP contribution in [-0.4, -0.2) is 47.4 Å². The smallest absolute Gasteiger partial charge is 0.417 e. The summed E-state index contributed by atoms with van der Waals surface area (Å²) in [5, 5.41) is 12.6. The lowest BCUT2D eigenvalue weighted by atomic mass is 9.91. The standard InChI is InChI=1S/C38H29F8N3O5/c1-48-13-12-27(38(44,45)46)32(35(48)51)26-7-3-5-24-21(4-2-6-25(24)26)16-30(36(52)53)47-34(50)33-28(39)17-23(18-29(33)40)49-14-15-54-19-31(49)20-8-10-22(11-9-20)37(41,42)43/h2-13,17-18,30-31H,14-16,19H2,1H3,(H,47,50)(H,52,53)/t30-,31?/m0/s1. The molecule has 1 unspecified atom stereocenters. The molecular weight excluding hydrogens is 730 g/mol. The SMILES string of the molecule is Cn1ccc(C(F)(F)F)c(-c2cccc3c(C[C@H](NC(=O)c4c(F)cc(N5CCOCC5c5ccc(C(F)(F)F)cc5)cc4F)C(=O)O)cccc23)c1=O. The van der Waals surface area contributed by atoms with E-state index in [4.69, 9.17) is 4.74 Å². The molecule has 1 saturated heterocycles. The van der Waals surface area contributed by atoms with Crippen molar-refractivity contribution in [1.29, 1.82) is 0 Å². The number of nitrogens with zero attached hydrogens (tertiary/aromatic N) is 2. The van der Waals surface area contributed by atoms with Crippen molar-refractivity contribution in [3.05, 3.63) is 135 Å². The van der Waals surface area contributed by atoms with Crippen LogP contribution in [0.2, 0.25) is 0 Å². The molecule has 1 aliphatic rings. The van der Waals surface area contributed by atoms with Gasteiger partial charge in [-0.1, -0.05) is 48.5 Å². The van der Waals surface area contributed by atoms with Crippen LogP contribution >= 0.6 is 0 Å². The molecule has 1 aliphatic heterocycles. The van der Waals surface area contributed by atoms with E-state index in [0.29, 0.717) is 5.56 Å². The van der Waals surface area contributed by atoms with Crippen molar-refractivity contribution in [1.82, 2.24) is 9.88 Å². The number of nitrogens with one attached hydrogen (secondary N) is 1. The zero-order valence-corrected chi connectivity index (χ0v) is 28.1. The third kappa shape index (κ3) is 7.51. The van der Waals surface area contributed by atoms with Crippen LogP contribution < -0.4 is 15.8 Å². The van der Waals surface area contributed by atoms with Crippen LogP contribution in [0.4, 0.5) is 40.8 Å². The van der Waals surface area contributed by atoms with Crippen molar-refractivity contribution < 1.29 is 54.6 Å². The largest absolute Gasteiger partial charge is 0.480 e. The van der Waals surface area contributed by atoms with E-state index in [9.17, 15) is 45.8 Å². The predicted octanol–water partition coefficient (Wildman–Crippen LogP) is 7.52. The zero-order chi connectivity index (χ0) is 39.1. The van der Waals surface area contributed by atoms with Gasteiger partial charge in [-0.25, -0.2) is 13.6 Å². The Morgan fingerprint density at radius 1 is 0.907 bits per heavy atom. The maximum atomic E-state index is 15.6. The van der Waals surface area contributed by atoms with E-state index in [-0.39, 0.29) is 47.3 Å². The van der Waals surface area contributed by atoms with Crippen LogP contribution in [0.15, 0.2) is 89.9 Å². The van der Waals surface area contributed by atoms with Crippen molar-refractivity contribution in [2.24, 2.45) is 7.05 Å². The number of hydrogen-bond donors (Lipinski definition) is 2. The number of carbonyl (C=O) groups is 2. The van der Waals surface area contributed by atoms with E-state index in [1.165, 1.54) is 60.5 Å². The minimum atomic E-state index is -4.88. The first-order chi connectivity index (χ1) is 25.5. The van der Waals surface area contributed by atoms with Gasteiger partial charge in [0.05, 0.1) is 35.9 Å². The zero-order valence-electron chi connectivity index (χ0n) is 28.1. The van der Waals surface area contributed by atoms with Gasteiger partial charge < -0.3 is 24.6 Å². The van der Waals surface area contributed by atoms with Crippen LogP contribution in [0.3, 0.4) is 0 Å². The van der Waals surface area contributed by atoms with Crippen molar-refractivity contribution in [2.75, 3.05) is 24.7 Å². The lowest BCUT2D eigenvalue weighted by molar-refractivity contribution is -0.139. The van der Waals surface area contributed by atoms with Crippen LogP contribution in [0.5, 0.6) is 0 Å². The van der Waals surface area contributed by atoms with Gasteiger partial charge in [-0.2, -0.15) is 26.3 Å². The minimum Gasteiger partial charge on any atom is -0.480 e. The summed E-state index contributed by atoms with van der Waals surface area (Å²) in [5.41, 5.74) is -4.18. The fraction of sp³-hybridized carbons (Fsp3) is 0.237. The lowest BCUT2D eigenvalue weighted by Gasteiger charge is -2.38. The number of amides is 1. The van der Waals surface area contributed by atoms with Gasteiger partial charge >= 0.3 is 18.3 Å². The van der Waals surface area contributed by atoms with Crippen LogP contribution in [0, 0.1) is 11.6 Å². The summed E-state index contributed by atoms with van der Waals surface area (Å²) < 4.78 is 119. The Morgan fingerprint density at radius 2 is 1.56 bits per heavy atom. The number of aromatic nitrogens is 1. The monoisotopic (exact) mass is 759 g/mol. The molecule has 2 heterocycles. The Morgan fingerprint density at radius 3 is 2.19 bits per heavy atom. The molecule has 5 aromatic rings. The highest BCUT2D eigenvalue weighted by Gasteiger charge is 2.36. The molecule has 1 fully saturated rings. The van der Waals surface area contributed by atoms with Gasteiger partial charge in [-0.3, -0.25) is 9.59 Å². The molecule has 0 bridgehead atoms. The van der Waals surface area contributed by atoms with Crippen molar-refractivity contribution >= 4 is 28.3 Å². The first-order valence-corrected chi connectivity index (χ1v) is 16.3. The number of halogens is 8. The third-order valence-electron chi connectivity index (χ3n) is 9.22. The molecule has 0 radical (unpaired) electrons. The van der Waals surface area contributed by atoms with Gasteiger partial charge in [-0.15, -0.1) is 0 Å². The van der Waals surface area contributed by atoms with E-state index in [0.717, 1.165) is 41.1 Å². The molecular formula is C38H29F8N3O5. The van der Waals surface area contributed by atoms with Crippen LogP contribution in [0.1, 0.15) is 38.7 Å². The Kier molecular flexibility index (Phi) is 10.2. The fourth-order valence-corrected chi connectivity index (χ4v) is 6.57. The normalized spacial score (nSPS) is 15.6. The van der Waals surface area contributed by atoms with Gasteiger partial charge in [0.15, 0.2) is 0 Å². The molecule has 0 saturated carbocycles. The highest BCUT2D eigenvalue weighted by atomic mass is 19.4. The number of anilines is 1. The molecule has 54 heavy (non-hydrogen) atoms. The van der Waals surface area contributed by atoms with E-state index in [1.807, 2.05) is 0 Å². The summed E-state index contributed by atoms with van der Waals surface area (Å²) in [6.07, 6.45) is -8.92. The van der Waals surface area contributed by atoms with E-state index >= 15 is 8.78 Å². The third-order valence-corrected chi connectivity index (χ3v) is 9.22. The number of alkyl halides is 6. The summed E-state index contributed by atoms with van der Waals surface area (Å²) in [4.78, 5) is 40.1. The fourth-order valence-electron chi connectivity index (χ4n) is 6.57. The summed E-state index contributed by atoms with van der Waals surface area (Å²) in [6, 6.07) is 12.8. The summed E-state index contributed by atoms with van der Waals surface area (Å²) in [5.74, 6) is -5.68. The highest BCUT2D eigenvalue weighted by Crippen LogP contribution is 2.39. The number of fused-ring (bicyclic) bond motifs is 1. The molecule has 0 aliphatic carbocycles. The molecule has 282 valence electrons.